The molecule has 0 bridgehead atoms. The molecular weight excluding hydrogens is 408 g/mol. The number of hydrogen-bond acceptors (Lipinski definition) is 4. The fraction of sp³-hybridized carbons (Fsp3) is 0.115. The number of rotatable bonds is 8. The summed E-state index contributed by atoms with van der Waals surface area (Å²) in [4.78, 5) is 35.7. The van der Waals surface area contributed by atoms with Crippen LogP contribution < -0.4 is 4.74 Å². The van der Waals surface area contributed by atoms with Gasteiger partial charge in [-0.05, 0) is 46.5 Å². The minimum atomic E-state index is -1.41. The lowest BCUT2D eigenvalue weighted by Crippen LogP contribution is -2.17. The second-order valence-electron chi connectivity index (χ2n) is 7.41. The van der Waals surface area contributed by atoms with Crippen molar-refractivity contribution in [3.8, 4) is 16.9 Å². The van der Waals surface area contributed by atoms with E-state index in [9.17, 15) is 24.6 Å². The first-order valence-electron chi connectivity index (χ1n) is 10.0. The van der Waals surface area contributed by atoms with Gasteiger partial charge in [-0.1, -0.05) is 43.0 Å². The summed E-state index contributed by atoms with van der Waals surface area (Å²) in [6.45, 7) is 3.53. The van der Waals surface area contributed by atoms with Crippen LogP contribution in [-0.2, 0) is 12.8 Å². The molecule has 0 spiro atoms. The zero-order chi connectivity index (χ0) is 22.8. The second kappa shape index (κ2) is 8.51. The fourth-order valence-corrected chi connectivity index (χ4v) is 4.20. The van der Waals surface area contributed by atoms with Crippen molar-refractivity contribution in [1.29, 1.82) is 0 Å². The van der Waals surface area contributed by atoms with E-state index in [1.165, 1.54) is 11.6 Å². The van der Waals surface area contributed by atoms with Gasteiger partial charge in [0.1, 0.15) is 5.75 Å². The van der Waals surface area contributed by atoms with Crippen molar-refractivity contribution in [1.82, 2.24) is 0 Å². The molecule has 0 saturated heterocycles. The third kappa shape index (κ3) is 3.67. The number of aromatic carboxylic acids is 2. The Bertz CT molecular complexity index is 1270. The van der Waals surface area contributed by atoms with Gasteiger partial charge >= 0.3 is 11.9 Å². The SMILES string of the molecule is C=CC(=O)c1ccc(C(=O)O)c(C(=O)O)c1CCOc1cccc2c1Cc1ccccc1-2. The molecule has 160 valence electrons. The van der Waals surface area contributed by atoms with Gasteiger partial charge in [0.15, 0.2) is 5.78 Å². The number of ketones is 1. The van der Waals surface area contributed by atoms with Gasteiger partial charge in [-0.25, -0.2) is 9.59 Å². The van der Waals surface area contributed by atoms with Gasteiger partial charge in [-0.2, -0.15) is 0 Å². The normalized spacial score (nSPS) is 11.4. The lowest BCUT2D eigenvalue weighted by atomic mass is 9.91. The molecule has 0 aliphatic heterocycles. The van der Waals surface area contributed by atoms with Crippen LogP contribution in [0.4, 0.5) is 0 Å². The number of carboxylic acids is 2. The van der Waals surface area contributed by atoms with E-state index >= 15 is 0 Å². The summed E-state index contributed by atoms with van der Waals surface area (Å²) in [6.07, 6.45) is 1.86. The van der Waals surface area contributed by atoms with Crippen LogP contribution in [0.15, 0.2) is 67.3 Å². The molecule has 3 aromatic rings. The highest BCUT2D eigenvalue weighted by Gasteiger charge is 2.25. The summed E-state index contributed by atoms with van der Waals surface area (Å²) in [5.41, 5.74) is 3.97. The molecule has 4 rings (SSSR count). The van der Waals surface area contributed by atoms with Gasteiger partial charge in [-0.15, -0.1) is 0 Å². The van der Waals surface area contributed by atoms with E-state index in [0.29, 0.717) is 5.75 Å². The van der Waals surface area contributed by atoms with Crippen molar-refractivity contribution in [3.05, 3.63) is 101 Å². The van der Waals surface area contributed by atoms with Crippen molar-refractivity contribution in [3.63, 3.8) is 0 Å². The summed E-state index contributed by atoms with van der Waals surface area (Å²) < 4.78 is 6.01. The highest BCUT2D eigenvalue weighted by molar-refractivity contribution is 6.10. The van der Waals surface area contributed by atoms with Gasteiger partial charge in [0, 0.05) is 24.0 Å². The summed E-state index contributed by atoms with van der Waals surface area (Å²) in [6, 6.07) is 16.4. The maximum Gasteiger partial charge on any atom is 0.336 e. The average molecular weight is 428 g/mol. The number of carbonyl (C=O) groups is 3. The van der Waals surface area contributed by atoms with Gasteiger partial charge < -0.3 is 14.9 Å². The first-order valence-corrected chi connectivity index (χ1v) is 10.0. The van der Waals surface area contributed by atoms with Gasteiger partial charge in [0.2, 0.25) is 0 Å². The van der Waals surface area contributed by atoms with E-state index in [1.54, 1.807) is 0 Å². The number of benzene rings is 3. The number of allylic oxidation sites excluding steroid dienone is 1. The Balaban J connectivity index is 1.65. The van der Waals surface area contributed by atoms with Crippen LogP contribution in [0, 0.1) is 0 Å². The van der Waals surface area contributed by atoms with Crippen LogP contribution in [0.1, 0.15) is 47.8 Å². The molecule has 6 nitrogen and oxygen atoms in total. The maximum atomic E-state index is 12.3. The quantitative estimate of drug-likeness (QED) is 0.313. The van der Waals surface area contributed by atoms with E-state index < -0.39 is 23.3 Å². The molecule has 1 aliphatic carbocycles. The van der Waals surface area contributed by atoms with Crippen LogP contribution in [-0.4, -0.2) is 34.5 Å². The van der Waals surface area contributed by atoms with Crippen LogP contribution in [0.25, 0.3) is 11.1 Å². The van der Waals surface area contributed by atoms with Crippen molar-refractivity contribution in [2.75, 3.05) is 6.61 Å². The third-order valence-electron chi connectivity index (χ3n) is 5.63. The predicted molar refractivity (Wildman–Crippen MR) is 119 cm³/mol. The minimum absolute atomic E-state index is 0.0499. The minimum Gasteiger partial charge on any atom is -0.493 e. The standard InChI is InChI=1S/C26H20O6/c1-2-22(27)18-10-11-20(25(28)29)24(26(30)31)19(18)12-13-32-23-9-5-8-17-16-7-4-3-6-15(16)14-21(17)23/h2-11H,1,12-14H2,(H,28,29)(H,30,31). The van der Waals surface area contributed by atoms with E-state index in [0.717, 1.165) is 35.3 Å². The van der Waals surface area contributed by atoms with Gasteiger partial charge in [0.05, 0.1) is 17.7 Å². The summed E-state index contributed by atoms with van der Waals surface area (Å²) in [5, 5.41) is 19.1. The summed E-state index contributed by atoms with van der Waals surface area (Å²) in [7, 11) is 0. The highest BCUT2D eigenvalue weighted by atomic mass is 16.5. The number of carbonyl (C=O) groups excluding carboxylic acids is 1. The topological polar surface area (TPSA) is 101 Å². The van der Waals surface area contributed by atoms with Crippen molar-refractivity contribution >= 4 is 17.7 Å². The number of hydrogen-bond donors (Lipinski definition) is 2. The molecule has 0 radical (unpaired) electrons. The smallest absolute Gasteiger partial charge is 0.336 e. The zero-order valence-corrected chi connectivity index (χ0v) is 17.1. The molecule has 32 heavy (non-hydrogen) atoms. The lowest BCUT2D eigenvalue weighted by Gasteiger charge is -2.15. The molecule has 0 amide bonds. The molecule has 0 atom stereocenters. The van der Waals surface area contributed by atoms with Crippen LogP contribution in [0.2, 0.25) is 0 Å². The molecule has 1 aliphatic rings. The molecule has 0 heterocycles. The molecule has 2 N–H and O–H groups in total. The van der Waals surface area contributed by atoms with E-state index in [4.69, 9.17) is 4.74 Å². The van der Waals surface area contributed by atoms with Gasteiger partial charge in [-0.3, -0.25) is 4.79 Å². The number of fused-ring (bicyclic) bond motifs is 3. The Kier molecular flexibility index (Phi) is 5.60. The lowest BCUT2D eigenvalue weighted by molar-refractivity contribution is 0.0650. The number of carboxylic acid groups (broad SMARTS) is 2. The Morgan fingerprint density at radius 2 is 1.62 bits per heavy atom. The molecule has 6 heteroatoms. The van der Waals surface area contributed by atoms with Gasteiger partial charge in [0.25, 0.3) is 0 Å². The largest absolute Gasteiger partial charge is 0.493 e. The van der Waals surface area contributed by atoms with Crippen LogP contribution in [0.3, 0.4) is 0 Å². The Morgan fingerprint density at radius 1 is 0.906 bits per heavy atom. The van der Waals surface area contributed by atoms with E-state index in [2.05, 4.69) is 18.7 Å². The first kappa shape index (κ1) is 21.1. The van der Waals surface area contributed by atoms with E-state index in [1.807, 2.05) is 30.3 Å². The maximum absolute atomic E-state index is 12.3. The predicted octanol–water partition coefficient (Wildman–Crippen LogP) is 4.64. The van der Waals surface area contributed by atoms with E-state index in [-0.39, 0.29) is 29.7 Å². The molecule has 0 fully saturated rings. The Hall–Kier alpha value is -4.19. The van der Waals surface area contributed by atoms with Crippen molar-refractivity contribution < 1.29 is 29.3 Å². The van der Waals surface area contributed by atoms with Crippen LogP contribution in [0.5, 0.6) is 5.75 Å². The Morgan fingerprint density at radius 3 is 2.34 bits per heavy atom. The first-order chi connectivity index (χ1) is 15.4. The third-order valence-corrected chi connectivity index (χ3v) is 5.63. The zero-order valence-electron chi connectivity index (χ0n) is 17.1. The van der Waals surface area contributed by atoms with Crippen LogP contribution >= 0.6 is 0 Å². The van der Waals surface area contributed by atoms with Crippen molar-refractivity contribution in [2.45, 2.75) is 12.8 Å². The fourth-order valence-electron chi connectivity index (χ4n) is 4.20. The monoisotopic (exact) mass is 428 g/mol. The Labute approximate surface area is 184 Å². The molecule has 0 unspecified atom stereocenters. The molecule has 0 saturated carbocycles. The second-order valence-corrected chi connectivity index (χ2v) is 7.41. The number of ether oxygens (including phenoxy) is 1. The summed E-state index contributed by atoms with van der Waals surface area (Å²) >= 11 is 0. The molecule has 3 aromatic carbocycles. The molecule has 0 aromatic heterocycles. The molecular formula is C26H20O6. The highest BCUT2D eigenvalue weighted by Crippen LogP contribution is 2.41. The summed E-state index contributed by atoms with van der Waals surface area (Å²) in [5.74, 6) is -2.58. The average Bonchev–Trinajstić information content (AvgIpc) is 3.17. The van der Waals surface area contributed by atoms with Crippen molar-refractivity contribution in [2.24, 2.45) is 0 Å².